The highest BCUT2D eigenvalue weighted by Crippen LogP contribution is 2.14. The first-order valence-corrected chi connectivity index (χ1v) is 11.0. The molecule has 0 aliphatic heterocycles. The second-order valence-electron chi connectivity index (χ2n) is 6.04. The molecule has 0 radical (unpaired) electrons. The summed E-state index contributed by atoms with van der Waals surface area (Å²) in [6, 6.07) is 0. The molecule has 0 bridgehead atoms. The topological polar surface area (TPSA) is 167 Å². The molecule has 0 saturated carbocycles. The lowest BCUT2D eigenvalue weighted by molar-refractivity contribution is -0.136. The molecule has 0 aromatic rings. The smallest absolute Gasteiger partial charge is 0.332 e. The third-order valence-electron chi connectivity index (χ3n) is 3.48. The van der Waals surface area contributed by atoms with Gasteiger partial charge in [-0.25, -0.2) is 35.9 Å². The predicted octanol–water partition coefficient (Wildman–Crippen LogP) is -0.112. The van der Waals surface area contributed by atoms with Crippen molar-refractivity contribution in [2.24, 2.45) is 0 Å². The first-order chi connectivity index (χ1) is 11.7. The van der Waals surface area contributed by atoms with E-state index >= 15 is 0 Å². The number of carbonyl (C=O) groups is 2. The average Bonchev–Trinajstić information content (AvgIpc) is 2.47. The maximum Gasteiger partial charge on any atom is 0.332 e. The lowest BCUT2D eigenvalue weighted by Crippen LogP contribution is -2.33. The highest BCUT2D eigenvalue weighted by molar-refractivity contribution is 7.90. The van der Waals surface area contributed by atoms with E-state index in [4.69, 9.17) is 0 Å². The van der Waals surface area contributed by atoms with Crippen LogP contribution >= 0.6 is 0 Å². The molecule has 0 saturated heterocycles. The molecule has 0 unspecified atom stereocenters. The van der Waals surface area contributed by atoms with Gasteiger partial charge in [0.25, 0.3) is 0 Å². The zero-order valence-corrected chi connectivity index (χ0v) is 16.8. The van der Waals surface area contributed by atoms with E-state index in [1.165, 1.54) is 27.7 Å². The number of nitrogens with one attached hydrogen (secondary N) is 2. The van der Waals surface area contributed by atoms with Gasteiger partial charge in [-0.15, -0.1) is 0 Å². The quantitative estimate of drug-likeness (QED) is 0.321. The van der Waals surface area contributed by atoms with E-state index in [2.05, 4.69) is 9.44 Å². The van der Waals surface area contributed by atoms with Crippen LogP contribution in [0.5, 0.6) is 0 Å². The maximum absolute atomic E-state index is 11.7. The Morgan fingerprint density at radius 1 is 0.731 bits per heavy atom. The second kappa shape index (κ2) is 10.00. The van der Waals surface area contributed by atoms with Gasteiger partial charge in [0, 0.05) is 24.2 Å². The van der Waals surface area contributed by atoms with Crippen LogP contribution in [0.3, 0.4) is 0 Å². The van der Waals surface area contributed by atoms with Crippen molar-refractivity contribution in [2.75, 3.05) is 13.1 Å². The van der Waals surface area contributed by atoms with Crippen molar-refractivity contribution in [3.8, 4) is 0 Å². The summed E-state index contributed by atoms with van der Waals surface area (Å²) in [6.07, 6.45) is -0.695. The molecule has 0 fully saturated rings. The van der Waals surface area contributed by atoms with Crippen LogP contribution in [0.4, 0.5) is 0 Å². The predicted molar refractivity (Wildman–Crippen MR) is 95.6 cm³/mol. The standard InChI is InChI=1S/C14H26N2O8S2/c1-9(2)25(21,22)15-7-5-11(13(17)18)12(14(19)20)6-8-16-26(23,24)10(3)4/h9-10,15-16H,5-8H2,1-4H3,(H,17,18)(H,19,20)/b12-11+. The minimum Gasteiger partial charge on any atom is -0.478 e. The number of hydrogen-bond donors (Lipinski definition) is 4. The Balaban J connectivity index is 5.25. The lowest BCUT2D eigenvalue weighted by Gasteiger charge is -2.13. The summed E-state index contributed by atoms with van der Waals surface area (Å²) in [7, 11) is -7.23. The van der Waals surface area contributed by atoms with Gasteiger partial charge in [-0.1, -0.05) is 0 Å². The molecule has 10 nitrogen and oxygen atoms in total. The first kappa shape index (κ1) is 24.5. The molecular weight excluding hydrogens is 388 g/mol. The maximum atomic E-state index is 11.7. The molecule has 0 spiro atoms. The number of hydrogen-bond acceptors (Lipinski definition) is 6. The van der Waals surface area contributed by atoms with Crippen LogP contribution in [0.1, 0.15) is 40.5 Å². The summed E-state index contributed by atoms with van der Waals surface area (Å²) >= 11 is 0. The Bertz CT molecular complexity index is 688. The van der Waals surface area contributed by atoms with Crippen LogP contribution in [0.15, 0.2) is 11.1 Å². The summed E-state index contributed by atoms with van der Waals surface area (Å²) in [5.74, 6) is -3.00. The minimum atomic E-state index is -3.62. The molecule has 0 aliphatic rings. The Hall–Kier alpha value is -1.50. The van der Waals surface area contributed by atoms with Crippen LogP contribution in [0.2, 0.25) is 0 Å². The highest BCUT2D eigenvalue weighted by Gasteiger charge is 2.23. The van der Waals surface area contributed by atoms with E-state index < -0.39 is 53.6 Å². The Labute approximate surface area is 153 Å². The highest BCUT2D eigenvalue weighted by atomic mass is 32.2. The van der Waals surface area contributed by atoms with E-state index in [-0.39, 0.29) is 25.9 Å². The van der Waals surface area contributed by atoms with E-state index in [0.717, 1.165) is 0 Å². The molecule has 0 heterocycles. The fourth-order valence-corrected chi connectivity index (χ4v) is 3.18. The zero-order chi connectivity index (χ0) is 20.7. The van der Waals surface area contributed by atoms with Gasteiger partial charge in [-0.2, -0.15) is 0 Å². The van der Waals surface area contributed by atoms with Gasteiger partial charge in [0.15, 0.2) is 0 Å². The largest absolute Gasteiger partial charge is 0.478 e. The van der Waals surface area contributed by atoms with Crippen LogP contribution in [-0.2, 0) is 29.6 Å². The number of aliphatic carboxylic acids is 2. The Morgan fingerprint density at radius 2 is 1.00 bits per heavy atom. The van der Waals surface area contributed by atoms with Gasteiger partial charge in [0.2, 0.25) is 20.0 Å². The zero-order valence-electron chi connectivity index (χ0n) is 15.1. The van der Waals surface area contributed by atoms with E-state index in [1.807, 2.05) is 0 Å². The van der Waals surface area contributed by atoms with Gasteiger partial charge in [0.1, 0.15) is 0 Å². The monoisotopic (exact) mass is 414 g/mol. The second-order valence-corrected chi connectivity index (χ2v) is 10.7. The van der Waals surface area contributed by atoms with Crippen LogP contribution in [-0.4, -0.2) is 62.6 Å². The summed E-state index contributed by atoms with van der Waals surface area (Å²) in [5.41, 5.74) is -0.958. The van der Waals surface area contributed by atoms with Crippen LogP contribution < -0.4 is 9.44 Å². The Kier molecular flexibility index (Phi) is 9.42. The van der Waals surface area contributed by atoms with Crippen LogP contribution in [0, 0.1) is 0 Å². The molecule has 0 rings (SSSR count). The van der Waals surface area contributed by atoms with E-state index in [1.54, 1.807) is 0 Å². The van der Waals surface area contributed by atoms with Crippen molar-refractivity contribution in [1.82, 2.24) is 9.44 Å². The van der Waals surface area contributed by atoms with Crippen LogP contribution in [0.25, 0.3) is 0 Å². The Morgan fingerprint density at radius 3 is 1.19 bits per heavy atom. The van der Waals surface area contributed by atoms with Crippen molar-refractivity contribution < 1.29 is 36.6 Å². The molecule has 12 heteroatoms. The minimum absolute atomic E-state index is 0.281. The molecule has 0 amide bonds. The first-order valence-electron chi connectivity index (χ1n) is 7.88. The lowest BCUT2D eigenvalue weighted by atomic mass is 10.0. The number of carboxylic acids is 2. The molecule has 4 N–H and O–H groups in total. The van der Waals surface area contributed by atoms with Crippen molar-refractivity contribution in [1.29, 1.82) is 0 Å². The van der Waals surface area contributed by atoms with Gasteiger partial charge in [0.05, 0.1) is 10.5 Å². The molecular formula is C14H26N2O8S2. The third kappa shape index (κ3) is 7.81. The molecule has 0 atom stereocenters. The molecule has 0 aromatic heterocycles. The average molecular weight is 415 g/mol. The molecule has 26 heavy (non-hydrogen) atoms. The molecule has 152 valence electrons. The molecule has 0 aromatic carbocycles. The van der Waals surface area contributed by atoms with Gasteiger partial charge < -0.3 is 10.2 Å². The van der Waals surface area contributed by atoms with Crippen molar-refractivity contribution in [3.63, 3.8) is 0 Å². The van der Waals surface area contributed by atoms with Gasteiger partial charge >= 0.3 is 11.9 Å². The van der Waals surface area contributed by atoms with E-state index in [9.17, 15) is 36.6 Å². The summed E-state index contributed by atoms with van der Waals surface area (Å²) in [4.78, 5) is 22.7. The SMILES string of the molecule is CC(C)S(=O)(=O)NCC/C(C(=O)O)=C(/CCNS(=O)(=O)C(C)C)C(=O)O. The van der Waals surface area contributed by atoms with Crippen molar-refractivity contribution >= 4 is 32.0 Å². The van der Waals surface area contributed by atoms with Crippen molar-refractivity contribution in [3.05, 3.63) is 11.1 Å². The van der Waals surface area contributed by atoms with E-state index in [0.29, 0.717) is 0 Å². The summed E-state index contributed by atoms with van der Waals surface area (Å²) in [5, 5.41) is 17.0. The number of rotatable bonds is 12. The molecule has 0 aliphatic carbocycles. The van der Waals surface area contributed by atoms with Gasteiger partial charge in [-0.3, -0.25) is 0 Å². The fourth-order valence-electron chi connectivity index (χ4n) is 1.74. The normalized spacial score (nSPS) is 13.8. The summed E-state index contributed by atoms with van der Waals surface area (Å²) < 4.78 is 51.1. The van der Waals surface area contributed by atoms with Gasteiger partial charge in [-0.05, 0) is 40.5 Å². The fraction of sp³-hybridized carbons (Fsp3) is 0.714. The number of carboxylic acid groups (broad SMARTS) is 2. The third-order valence-corrected chi connectivity index (χ3v) is 7.17. The number of sulfonamides is 2. The summed E-state index contributed by atoms with van der Waals surface area (Å²) in [6.45, 7) is 5.21. The van der Waals surface area contributed by atoms with Crippen molar-refractivity contribution in [2.45, 2.75) is 51.0 Å².